The fourth-order valence-corrected chi connectivity index (χ4v) is 3.24. The first-order chi connectivity index (χ1) is 13.2. The molecule has 3 heterocycles. The van der Waals surface area contributed by atoms with Crippen LogP contribution in [0.1, 0.15) is 18.4 Å². The topological polar surface area (TPSA) is 110 Å². The van der Waals surface area contributed by atoms with Crippen LogP contribution in [0, 0.1) is 11.8 Å². The molecule has 0 bridgehead atoms. The number of nitrogens with one attached hydrogen (secondary N) is 2. The third-order valence-corrected chi connectivity index (χ3v) is 4.58. The molecule has 0 saturated carbocycles. The van der Waals surface area contributed by atoms with Crippen LogP contribution in [-0.2, 0) is 4.79 Å². The Morgan fingerprint density at radius 1 is 1.26 bits per heavy atom. The maximum atomic E-state index is 12.2. The van der Waals surface area contributed by atoms with E-state index < -0.39 is 0 Å². The SMILES string of the molecule is NCC#Cc1c[nH]c(=O)c2cc3ccnc(OCC4CCC(=O)N4)c3cc12. The molecule has 3 aromatic rings. The van der Waals surface area contributed by atoms with E-state index in [9.17, 15) is 9.59 Å². The highest BCUT2D eigenvalue weighted by atomic mass is 16.5. The average Bonchev–Trinajstić information content (AvgIpc) is 3.10. The minimum absolute atomic E-state index is 0.0103. The van der Waals surface area contributed by atoms with Gasteiger partial charge >= 0.3 is 0 Å². The number of ether oxygens (including phenoxy) is 1. The van der Waals surface area contributed by atoms with E-state index in [0.29, 0.717) is 29.9 Å². The highest BCUT2D eigenvalue weighted by molar-refractivity contribution is 6.01. The monoisotopic (exact) mass is 362 g/mol. The zero-order valence-electron chi connectivity index (χ0n) is 14.5. The van der Waals surface area contributed by atoms with Crippen LogP contribution in [0.3, 0.4) is 0 Å². The maximum Gasteiger partial charge on any atom is 0.255 e. The molecule has 7 nitrogen and oxygen atoms in total. The summed E-state index contributed by atoms with van der Waals surface area (Å²) in [6.07, 6.45) is 4.50. The molecule has 1 fully saturated rings. The molecule has 1 atom stereocenters. The number of benzene rings is 1. The summed E-state index contributed by atoms with van der Waals surface area (Å²) in [4.78, 5) is 30.6. The van der Waals surface area contributed by atoms with Gasteiger partial charge < -0.3 is 20.8 Å². The molecule has 1 saturated heterocycles. The molecular formula is C20H18N4O3. The summed E-state index contributed by atoms with van der Waals surface area (Å²) in [6.45, 7) is 0.586. The number of hydrogen-bond acceptors (Lipinski definition) is 5. The van der Waals surface area contributed by atoms with E-state index in [2.05, 4.69) is 27.1 Å². The van der Waals surface area contributed by atoms with Crippen molar-refractivity contribution in [2.45, 2.75) is 18.9 Å². The lowest BCUT2D eigenvalue weighted by atomic mass is 10.0. The molecule has 136 valence electrons. The fourth-order valence-electron chi connectivity index (χ4n) is 3.24. The number of pyridine rings is 2. The number of aromatic amines is 1. The van der Waals surface area contributed by atoms with Crippen LogP contribution >= 0.6 is 0 Å². The molecule has 1 aliphatic heterocycles. The van der Waals surface area contributed by atoms with Crippen molar-refractivity contribution in [3.63, 3.8) is 0 Å². The van der Waals surface area contributed by atoms with Crippen molar-refractivity contribution in [2.75, 3.05) is 13.2 Å². The van der Waals surface area contributed by atoms with Crippen LogP contribution in [-0.4, -0.2) is 35.1 Å². The molecule has 27 heavy (non-hydrogen) atoms. The fraction of sp³-hybridized carbons (Fsp3) is 0.250. The van der Waals surface area contributed by atoms with Crippen molar-refractivity contribution < 1.29 is 9.53 Å². The Morgan fingerprint density at radius 3 is 2.93 bits per heavy atom. The molecule has 7 heteroatoms. The maximum absolute atomic E-state index is 12.2. The van der Waals surface area contributed by atoms with E-state index in [-0.39, 0.29) is 24.1 Å². The molecule has 0 radical (unpaired) electrons. The normalized spacial score (nSPS) is 16.2. The van der Waals surface area contributed by atoms with Gasteiger partial charge in [0.05, 0.1) is 12.6 Å². The number of nitrogens with zero attached hydrogens (tertiary/aromatic N) is 1. The summed E-state index contributed by atoms with van der Waals surface area (Å²) in [6, 6.07) is 5.50. The van der Waals surface area contributed by atoms with E-state index in [1.807, 2.05) is 18.2 Å². The van der Waals surface area contributed by atoms with Gasteiger partial charge in [0.2, 0.25) is 11.8 Å². The van der Waals surface area contributed by atoms with Gasteiger partial charge in [-0.3, -0.25) is 9.59 Å². The van der Waals surface area contributed by atoms with E-state index in [1.165, 1.54) is 0 Å². The summed E-state index contributed by atoms with van der Waals surface area (Å²) >= 11 is 0. The Kier molecular flexibility index (Phi) is 4.48. The molecular weight excluding hydrogens is 344 g/mol. The first-order valence-electron chi connectivity index (χ1n) is 8.71. The van der Waals surface area contributed by atoms with Crippen molar-refractivity contribution in [3.8, 4) is 17.7 Å². The Morgan fingerprint density at radius 2 is 2.15 bits per heavy atom. The highest BCUT2D eigenvalue weighted by Crippen LogP contribution is 2.28. The van der Waals surface area contributed by atoms with Crippen molar-refractivity contribution in [3.05, 3.63) is 46.5 Å². The second-order valence-corrected chi connectivity index (χ2v) is 6.39. The summed E-state index contributed by atoms with van der Waals surface area (Å²) in [5.41, 5.74) is 5.98. The second kappa shape index (κ2) is 7.09. The van der Waals surface area contributed by atoms with Gasteiger partial charge in [0.25, 0.3) is 5.56 Å². The molecule has 1 amide bonds. The summed E-state index contributed by atoms with van der Waals surface area (Å²) < 4.78 is 5.88. The summed E-state index contributed by atoms with van der Waals surface area (Å²) in [7, 11) is 0. The van der Waals surface area contributed by atoms with Gasteiger partial charge in [-0.05, 0) is 30.0 Å². The van der Waals surface area contributed by atoms with Crippen molar-refractivity contribution in [2.24, 2.45) is 5.73 Å². The molecule has 4 rings (SSSR count). The number of carbonyl (C=O) groups excluding carboxylic acids is 1. The third-order valence-electron chi connectivity index (χ3n) is 4.58. The van der Waals surface area contributed by atoms with Crippen LogP contribution < -0.4 is 21.3 Å². The summed E-state index contributed by atoms with van der Waals surface area (Å²) in [5.74, 6) is 6.31. The van der Waals surface area contributed by atoms with Gasteiger partial charge in [0.15, 0.2) is 0 Å². The number of amides is 1. The number of carbonyl (C=O) groups is 1. The van der Waals surface area contributed by atoms with Crippen molar-refractivity contribution in [1.29, 1.82) is 0 Å². The van der Waals surface area contributed by atoms with Crippen molar-refractivity contribution in [1.82, 2.24) is 15.3 Å². The number of hydrogen-bond donors (Lipinski definition) is 3. The van der Waals surface area contributed by atoms with Gasteiger partial charge in [-0.1, -0.05) is 11.8 Å². The third kappa shape index (κ3) is 3.35. The smallest absolute Gasteiger partial charge is 0.255 e. The van der Waals surface area contributed by atoms with Crippen LogP contribution in [0.15, 0.2) is 35.4 Å². The predicted molar refractivity (Wildman–Crippen MR) is 102 cm³/mol. The van der Waals surface area contributed by atoms with E-state index in [4.69, 9.17) is 10.5 Å². The molecule has 1 aromatic carbocycles. The predicted octanol–water partition coefficient (Wildman–Crippen LogP) is 1.04. The standard InChI is InChI=1S/C20H18N4O3/c21-6-1-2-13-10-23-19(26)17-8-12-5-7-22-20(16(12)9-15(13)17)27-11-14-3-4-18(25)24-14/h5,7-10,14H,3-4,6,11,21H2,(H,23,26)(H,24,25). The lowest BCUT2D eigenvalue weighted by Crippen LogP contribution is -2.31. The largest absolute Gasteiger partial charge is 0.475 e. The number of rotatable bonds is 3. The molecule has 0 spiro atoms. The van der Waals surface area contributed by atoms with Crippen LogP contribution in [0.5, 0.6) is 5.88 Å². The van der Waals surface area contributed by atoms with E-state index >= 15 is 0 Å². The second-order valence-electron chi connectivity index (χ2n) is 6.39. The van der Waals surface area contributed by atoms with E-state index in [0.717, 1.165) is 22.6 Å². The number of fused-ring (bicyclic) bond motifs is 2. The van der Waals surface area contributed by atoms with Gasteiger partial charge in [0, 0.05) is 40.5 Å². The molecule has 2 aromatic heterocycles. The molecule has 1 aliphatic rings. The van der Waals surface area contributed by atoms with E-state index in [1.54, 1.807) is 12.4 Å². The average molecular weight is 362 g/mol. The van der Waals surface area contributed by atoms with Gasteiger partial charge in [-0.25, -0.2) is 4.98 Å². The number of aromatic nitrogens is 2. The first kappa shape index (κ1) is 17.1. The molecule has 1 unspecified atom stereocenters. The summed E-state index contributed by atoms with van der Waals surface area (Å²) in [5, 5.41) is 5.78. The van der Waals surface area contributed by atoms with Gasteiger partial charge in [-0.2, -0.15) is 0 Å². The highest BCUT2D eigenvalue weighted by Gasteiger charge is 2.21. The first-order valence-corrected chi connectivity index (χ1v) is 8.71. The van der Waals surface area contributed by atoms with Gasteiger partial charge in [-0.15, -0.1) is 0 Å². The Labute approximate surface area is 154 Å². The lowest BCUT2D eigenvalue weighted by Gasteiger charge is -2.13. The van der Waals surface area contributed by atoms with Crippen LogP contribution in [0.2, 0.25) is 0 Å². The van der Waals surface area contributed by atoms with Crippen LogP contribution in [0.25, 0.3) is 21.5 Å². The minimum Gasteiger partial charge on any atom is -0.475 e. The Hall–Kier alpha value is -3.37. The zero-order valence-corrected chi connectivity index (χ0v) is 14.5. The zero-order chi connectivity index (χ0) is 18.8. The Balaban J connectivity index is 1.79. The molecule has 0 aliphatic carbocycles. The molecule has 4 N–H and O–H groups in total. The minimum atomic E-state index is -0.182. The number of H-pyrrole nitrogens is 1. The quantitative estimate of drug-likeness (QED) is 0.476. The van der Waals surface area contributed by atoms with Crippen molar-refractivity contribution >= 4 is 27.5 Å². The number of nitrogens with two attached hydrogens (primary N) is 1. The Bertz CT molecular complexity index is 1160. The lowest BCUT2D eigenvalue weighted by molar-refractivity contribution is -0.119. The van der Waals surface area contributed by atoms with Gasteiger partial charge in [0.1, 0.15) is 6.61 Å². The van der Waals surface area contributed by atoms with Crippen LogP contribution in [0.4, 0.5) is 0 Å².